The van der Waals surface area contributed by atoms with Gasteiger partial charge in [0.05, 0.1) is 6.10 Å². The van der Waals surface area contributed by atoms with E-state index in [2.05, 4.69) is 33.8 Å². The Kier molecular flexibility index (Phi) is 4.28. The minimum absolute atomic E-state index is 0.160. The molecule has 2 nitrogen and oxygen atoms in total. The molecule has 3 aliphatic rings. The molecule has 1 fully saturated rings. The van der Waals surface area contributed by atoms with E-state index in [0.29, 0.717) is 17.8 Å². The maximum absolute atomic E-state index is 10.8. The fourth-order valence-electron chi connectivity index (χ4n) is 5.49. The second kappa shape index (κ2) is 5.79. The topological polar surface area (TPSA) is 40.5 Å². The third-order valence-electron chi connectivity index (χ3n) is 7.03. The van der Waals surface area contributed by atoms with Gasteiger partial charge in [0, 0.05) is 5.41 Å². The summed E-state index contributed by atoms with van der Waals surface area (Å²) in [6, 6.07) is 0. The molecule has 124 valence electrons. The van der Waals surface area contributed by atoms with E-state index < -0.39 is 12.2 Å². The predicted molar refractivity (Wildman–Crippen MR) is 90.4 cm³/mol. The van der Waals surface area contributed by atoms with Crippen molar-refractivity contribution in [1.29, 1.82) is 0 Å². The van der Waals surface area contributed by atoms with Gasteiger partial charge in [0.1, 0.15) is 6.10 Å². The first-order chi connectivity index (χ1) is 10.4. The van der Waals surface area contributed by atoms with E-state index in [1.807, 2.05) is 0 Å². The fraction of sp³-hybridized carbons (Fsp3) is 0.800. The van der Waals surface area contributed by atoms with Crippen LogP contribution in [0.3, 0.4) is 0 Å². The molecule has 3 aliphatic carbocycles. The molecule has 2 bridgehead atoms. The minimum Gasteiger partial charge on any atom is -0.389 e. The standard InChI is InChI=1S/C20H32O2/c1-12-6-5-7-13(2)15-10-11-20(4)17(15)14(3)16(9-8-12)18(21)19(20)22/h7,12,15,17-19,21-22H,5-6,8-11H2,1-4H3/b13-7+/t12?,15-,17+,18+,19-,20-/m0/s1. The van der Waals surface area contributed by atoms with Gasteiger partial charge >= 0.3 is 0 Å². The average molecular weight is 304 g/mol. The average Bonchev–Trinajstić information content (AvgIpc) is 2.83. The molecule has 2 heteroatoms. The van der Waals surface area contributed by atoms with Crippen molar-refractivity contribution in [3.05, 3.63) is 22.8 Å². The number of aliphatic hydroxyl groups excluding tert-OH is 2. The van der Waals surface area contributed by atoms with Crippen LogP contribution in [-0.4, -0.2) is 22.4 Å². The highest BCUT2D eigenvalue weighted by Crippen LogP contribution is 2.59. The molecule has 6 atom stereocenters. The molecule has 0 saturated heterocycles. The van der Waals surface area contributed by atoms with Crippen LogP contribution in [0.2, 0.25) is 0 Å². The second-order valence-corrected chi connectivity index (χ2v) is 8.40. The molecule has 0 radical (unpaired) electrons. The van der Waals surface area contributed by atoms with E-state index in [-0.39, 0.29) is 5.41 Å². The van der Waals surface area contributed by atoms with Crippen molar-refractivity contribution in [1.82, 2.24) is 0 Å². The molecule has 2 N–H and O–H groups in total. The van der Waals surface area contributed by atoms with Crippen molar-refractivity contribution in [2.24, 2.45) is 23.2 Å². The van der Waals surface area contributed by atoms with Crippen molar-refractivity contribution >= 4 is 0 Å². The van der Waals surface area contributed by atoms with Gasteiger partial charge in [-0.25, -0.2) is 0 Å². The van der Waals surface area contributed by atoms with Gasteiger partial charge in [0.2, 0.25) is 0 Å². The molecular formula is C20H32O2. The number of hydrogen-bond donors (Lipinski definition) is 2. The predicted octanol–water partition coefficient (Wildman–Crippen LogP) is 4.23. The van der Waals surface area contributed by atoms with E-state index in [0.717, 1.165) is 31.3 Å². The molecule has 0 aromatic heterocycles. The molecule has 0 heterocycles. The van der Waals surface area contributed by atoms with E-state index in [9.17, 15) is 10.2 Å². The molecule has 0 spiro atoms. The van der Waals surface area contributed by atoms with Crippen molar-refractivity contribution in [2.75, 3.05) is 0 Å². The second-order valence-electron chi connectivity index (χ2n) is 8.40. The number of aliphatic hydroxyl groups is 2. The van der Waals surface area contributed by atoms with Gasteiger partial charge in [0.15, 0.2) is 0 Å². The van der Waals surface area contributed by atoms with Gasteiger partial charge in [0.25, 0.3) is 0 Å². The van der Waals surface area contributed by atoms with Crippen LogP contribution in [0, 0.1) is 23.2 Å². The summed E-state index contributed by atoms with van der Waals surface area (Å²) in [5, 5.41) is 21.6. The van der Waals surface area contributed by atoms with Gasteiger partial charge < -0.3 is 10.2 Å². The molecule has 1 unspecified atom stereocenters. The number of allylic oxidation sites excluding steroid dienone is 3. The van der Waals surface area contributed by atoms with E-state index >= 15 is 0 Å². The van der Waals surface area contributed by atoms with Crippen molar-refractivity contribution in [2.45, 2.75) is 78.4 Å². The van der Waals surface area contributed by atoms with Crippen LogP contribution < -0.4 is 0 Å². The summed E-state index contributed by atoms with van der Waals surface area (Å²) in [6.45, 7) is 9.01. The smallest absolute Gasteiger partial charge is 0.102 e. The Morgan fingerprint density at radius 2 is 1.86 bits per heavy atom. The number of hydrogen-bond acceptors (Lipinski definition) is 2. The lowest BCUT2D eigenvalue weighted by molar-refractivity contribution is -0.0699. The van der Waals surface area contributed by atoms with Crippen LogP contribution >= 0.6 is 0 Å². The maximum Gasteiger partial charge on any atom is 0.102 e. The monoisotopic (exact) mass is 304 g/mol. The number of rotatable bonds is 0. The Balaban J connectivity index is 2.09. The highest BCUT2D eigenvalue weighted by Gasteiger charge is 2.55. The highest BCUT2D eigenvalue weighted by molar-refractivity contribution is 5.33. The molecule has 1 saturated carbocycles. The zero-order chi connectivity index (χ0) is 16.1. The third kappa shape index (κ3) is 2.39. The SMILES string of the molecule is CC1=C2CCC(C)CC/C=C(\C)[C@@H]3CC[C@@](C)([C@H]13)[C@@H](O)[C@@H]2O. The minimum atomic E-state index is -0.655. The molecular weight excluding hydrogens is 272 g/mol. The summed E-state index contributed by atoms with van der Waals surface area (Å²) in [4.78, 5) is 0. The van der Waals surface area contributed by atoms with E-state index in [1.54, 1.807) is 0 Å². The summed E-state index contributed by atoms with van der Waals surface area (Å²) in [5.74, 6) is 1.64. The van der Waals surface area contributed by atoms with Gasteiger partial charge in [-0.15, -0.1) is 0 Å². The van der Waals surface area contributed by atoms with Crippen molar-refractivity contribution in [3.63, 3.8) is 0 Å². The van der Waals surface area contributed by atoms with Crippen LogP contribution in [-0.2, 0) is 0 Å². The van der Waals surface area contributed by atoms with Crippen LogP contribution in [0.15, 0.2) is 22.8 Å². The van der Waals surface area contributed by atoms with Gasteiger partial charge in [-0.2, -0.15) is 0 Å². The highest BCUT2D eigenvalue weighted by atomic mass is 16.3. The largest absolute Gasteiger partial charge is 0.389 e. The van der Waals surface area contributed by atoms with Gasteiger partial charge in [-0.3, -0.25) is 0 Å². The summed E-state index contributed by atoms with van der Waals surface area (Å²) in [5.41, 5.74) is 3.87. The zero-order valence-corrected chi connectivity index (χ0v) is 14.6. The lowest BCUT2D eigenvalue weighted by Gasteiger charge is -2.47. The lowest BCUT2D eigenvalue weighted by atomic mass is 9.61. The van der Waals surface area contributed by atoms with E-state index in [1.165, 1.54) is 24.0 Å². The third-order valence-corrected chi connectivity index (χ3v) is 7.03. The normalized spacial score (nSPS) is 48.6. The molecule has 22 heavy (non-hydrogen) atoms. The maximum atomic E-state index is 10.8. The molecule has 0 aliphatic heterocycles. The Labute approximate surface area is 135 Å². The quantitative estimate of drug-likeness (QED) is 0.658. The van der Waals surface area contributed by atoms with E-state index in [4.69, 9.17) is 0 Å². The summed E-state index contributed by atoms with van der Waals surface area (Å²) < 4.78 is 0. The Hall–Kier alpha value is -0.600. The fourth-order valence-corrected chi connectivity index (χ4v) is 5.49. The molecule has 3 rings (SSSR count). The van der Waals surface area contributed by atoms with Crippen molar-refractivity contribution in [3.8, 4) is 0 Å². The first kappa shape index (κ1) is 16.3. The van der Waals surface area contributed by atoms with Crippen molar-refractivity contribution < 1.29 is 10.2 Å². The Morgan fingerprint density at radius 3 is 2.59 bits per heavy atom. The Bertz CT molecular complexity index is 504. The van der Waals surface area contributed by atoms with Gasteiger partial charge in [-0.05, 0) is 75.7 Å². The van der Waals surface area contributed by atoms with Crippen LogP contribution in [0.4, 0.5) is 0 Å². The zero-order valence-electron chi connectivity index (χ0n) is 14.6. The van der Waals surface area contributed by atoms with Crippen LogP contribution in [0.5, 0.6) is 0 Å². The first-order valence-electron chi connectivity index (χ1n) is 9.08. The lowest BCUT2D eigenvalue weighted by Crippen LogP contribution is -2.50. The molecule has 0 aromatic rings. The van der Waals surface area contributed by atoms with Crippen LogP contribution in [0.1, 0.15) is 66.2 Å². The summed E-state index contributed by atoms with van der Waals surface area (Å²) >= 11 is 0. The molecule has 0 amide bonds. The van der Waals surface area contributed by atoms with Gasteiger partial charge in [-0.1, -0.05) is 31.1 Å². The molecule has 0 aromatic carbocycles. The Morgan fingerprint density at radius 1 is 1.14 bits per heavy atom. The van der Waals surface area contributed by atoms with Crippen LogP contribution in [0.25, 0.3) is 0 Å². The summed E-state index contributed by atoms with van der Waals surface area (Å²) in [7, 11) is 0. The summed E-state index contributed by atoms with van der Waals surface area (Å²) in [6.07, 6.45) is 7.83. The first-order valence-corrected chi connectivity index (χ1v) is 9.08.